The summed E-state index contributed by atoms with van der Waals surface area (Å²) in [7, 11) is 0. The van der Waals surface area contributed by atoms with E-state index in [1.165, 1.54) is 38.5 Å². The summed E-state index contributed by atoms with van der Waals surface area (Å²) in [5, 5.41) is 8.87. The van der Waals surface area contributed by atoms with Crippen molar-refractivity contribution in [2.24, 2.45) is 0 Å². The second-order valence-corrected chi connectivity index (χ2v) is 5.88. The van der Waals surface area contributed by atoms with Crippen LogP contribution in [0, 0.1) is 0 Å². The molecule has 2 nitrogen and oxygen atoms in total. The van der Waals surface area contributed by atoms with Crippen molar-refractivity contribution in [3.63, 3.8) is 0 Å². The Morgan fingerprint density at radius 3 is 2.10 bits per heavy atom. The van der Waals surface area contributed by atoms with E-state index < -0.39 is 0 Å². The van der Waals surface area contributed by atoms with Crippen LogP contribution in [0.3, 0.4) is 0 Å². The van der Waals surface area contributed by atoms with Gasteiger partial charge in [-0.05, 0) is 24.0 Å². The molecule has 1 rings (SSSR count). The summed E-state index contributed by atoms with van der Waals surface area (Å²) in [6.07, 6.45) is 10.7. The van der Waals surface area contributed by atoms with Crippen LogP contribution >= 0.6 is 0 Å². The lowest BCUT2D eigenvalue weighted by atomic mass is 10.0. The number of ketones is 1. The number of hydrogen-bond acceptors (Lipinski definition) is 2. The normalized spacial score (nSPS) is 10.8. The van der Waals surface area contributed by atoms with Crippen LogP contribution in [0.4, 0.5) is 0 Å². The van der Waals surface area contributed by atoms with Crippen molar-refractivity contribution in [1.82, 2.24) is 0 Å². The van der Waals surface area contributed by atoms with Gasteiger partial charge in [0.2, 0.25) is 0 Å². The van der Waals surface area contributed by atoms with E-state index in [0.29, 0.717) is 25.0 Å². The predicted molar refractivity (Wildman–Crippen MR) is 88.6 cm³/mol. The number of aliphatic hydroxyl groups is 1. The molecule has 1 aromatic rings. The Balaban J connectivity index is 2.12. The second-order valence-electron chi connectivity index (χ2n) is 5.88. The molecular formula is C19H30O2. The first-order valence-corrected chi connectivity index (χ1v) is 8.46. The molecular weight excluding hydrogens is 260 g/mol. The molecule has 1 N–H and O–H groups in total. The van der Waals surface area contributed by atoms with Gasteiger partial charge in [0.25, 0.3) is 0 Å². The third kappa shape index (κ3) is 8.67. The quantitative estimate of drug-likeness (QED) is 0.576. The minimum Gasteiger partial charge on any atom is -0.396 e. The fourth-order valence-electron chi connectivity index (χ4n) is 2.55. The minimum atomic E-state index is 0.177. The van der Waals surface area contributed by atoms with Crippen LogP contribution in [0.5, 0.6) is 0 Å². The first-order valence-electron chi connectivity index (χ1n) is 8.46. The summed E-state index contributed by atoms with van der Waals surface area (Å²) >= 11 is 0. The summed E-state index contributed by atoms with van der Waals surface area (Å²) in [5.74, 6) is 0.346. The van der Waals surface area contributed by atoms with E-state index >= 15 is 0 Å². The van der Waals surface area contributed by atoms with E-state index in [1.807, 2.05) is 24.3 Å². The molecule has 2 heteroatoms. The maximum atomic E-state index is 11.9. The number of aliphatic hydroxyl groups excluding tert-OH is 1. The molecule has 0 aromatic heterocycles. The predicted octanol–water partition coefficient (Wildman–Crippen LogP) is 4.47. The number of Topliss-reactive ketones (excluding diaryl/α,β-unsaturated/α-hetero) is 1. The molecule has 0 unspecified atom stereocenters. The van der Waals surface area contributed by atoms with Crippen LogP contribution in [0.25, 0.3) is 0 Å². The molecule has 118 valence electrons. The van der Waals surface area contributed by atoms with E-state index in [-0.39, 0.29) is 6.61 Å². The maximum absolute atomic E-state index is 11.9. The van der Waals surface area contributed by atoms with Crippen LogP contribution in [0.15, 0.2) is 24.3 Å². The summed E-state index contributed by atoms with van der Waals surface area (Å²) in [6, 6.07) is 8.03. The molecule has 0 spiro atoms. The third-order valence-corrected chi connectivity index (χ3v) is 3.88. The number of carbonyl (C=O) groups excluding carboxylic acids is 1. The van der Waals surface area contributed by atoms with Gasteiger partial charge < -0.3 is 5.11 Å². The molecule has 0 saturated carbocycles. The Kier molecular flexibility index (Phi) is 9.81. The Morgan fingerprint density at radius 2 is 1.48 bits per heavy atom. The van der Waals surface area contributed by atoms with Crippen molar-refractivity contribution in [2.75, 3.05) is 6.61 Å². The fraction of sp³-hybridized carbons (Fsp3) is 0.632. The Bertz CT molecular complexity index is 381. The van der Waals surface area contributed by atoms with Gasteiger partial charge in [0.05, 0.1) is 0 Å². The van der Waals surface area contributed by atoms with Crippen LogP contribution in [-0.2, 0) is 17.6 Å². The fourth-order valence-corrected chi connectivity index (χ4v) is 2.55. The highest BCUT2D eigenvalue weighted by Gasteiger charge is 2.04. The summed E-state index contributed by atoms with van der Waals surface area (Å²) in [6.45, 7) is 2.41. The van der Waals surface area contributed by atoms with Crippen LogP contribution in [0.1, 0.15) is 69.4 Å². The van der Waals surface area contributed by atoms with Crippen molar-refractivity contribution >= 4 is 5.78 Å². The van der Waals surface area contributed by atoms with Gasteiger partial charge in [-0.3, -0.25) is 4.79 Å². The minimum absolute atomic E-state index is 0.177. The summed E-state index contributed by atoms with van der Waals surface area (Å²) < 4.78 is 0. The Hall–Kier alpha value is -1.15. The Morgan fingerprint density at radius 1 is 0.905 bits per heavy atom. The number of carbonyl (C=O) groups is 1. The molecule has 1 aromatic carbocycles. The lowest BCUT2D eigenvalue weighted by molar-refractivity contribution is -0.118. The first kappa shape index (κ1) is 17.9. The highest BCUT2D eigenvalue weighted by molar-refractivity contribution is 5.80. The van der Waals surface area contributed by atoms with Crippen LogP contribution in [-0.4, -0.2) is 17.5 Å². The number of hydrogen-bond donors (Lipinski definition) is 1. The lowest BCUT2D eigenvalue weighted by Crippen LogP contribution is -2.02. The molecule has 0 fully saturated rings. The molecule has 0 atom stereocenters. The SMILES string of the molecule is CCCCCCCCCC(=O)Cc1ccc(CCO)cc1. The third-order valence-electron chi connectivity index (χ3n) is 3.88. The van der Waals surface area contributed by atoms with Gasteiger partial charge >= 0.3 is 0 Å². The monoisotopic (exact) mass is 290 g/mol. The molecule has 0 bridgehead atoms. The highest BCUT2D eigenvalue weighted by atomic mass is 16.2. The van der Waals surface area contributed by atoms with Gasteiger partial charge in [0.15, 0.2) is 0 Å². The zero-order valence-electron chi connectivity index (χ0n) is 13.4. The van der Waals surface area contributed by atoms with Gasteiger partial charge in [0.1, 0.15) is 5.78 Å². The van der Waals surface area contributed by atoms with E-state index in [2.05, 4.69) is 6.92 Å². The molecule has 0 aliphatic heterocycles. The molecule has 0 saturated heterocycles. The molecule has 0 aliphatic carbocycles. The molecule has 0 aliphatic rings. The van der Waals surface area contributed by atoms with Crippen molar-refractivity contribution in [2.45, 2.75) is 71.1 Å². The van der Waals surface area contributed by atoms with Crippen molar-refractivity contribution in [3.05, 3.63) is 35.4 Å². The van der Waals surface area contributed by atoms with Gasteiger partial charge in [-0.25, -0.2) is 0 Å². The van der Waals surface area contributed by atoms with Gasteiger partial charge in [-0.2, -0.15) is 0 Å². The van der Waals surface area contributed by atoms with Crippen molar-refractivity contribution < 1.29 is 9.90 Å². The van der Waals surface area contributed by atoms with Gasteiger partial charge in [0, 0.05) is 19.4 Å². The number of unbranched alkanes of at least 4 members (excludes halogenated alkanes) is 6. The zero-order valence-corrected chi connectivity index (χ0v) is 13.4. The molecule has 21 heavy (non-hydrogen) atoms. The van der Waals surface area contributed by atoms with Crippen LogP contribution < -0.4 is 0 Å². The average molecular weight is 290 g/mol. The van der Waals surface area contributed by atoms with Crippen molar-refractivity contribution in [1.29, 1.82) is 0 Å². The van der Waals surface area contributed by atoms with Crippen LogP contribution in [0.2, 0.25) is 0 Å². The average Bonchev–Trinajstić information content (AvgIpc) is 2.49. The topological polar surface area (TPSA) is 37.3 Å². The van der Waals surface area contributed by atoms with Gasteiger partial charge in [-0.1, -0.05) is 69.7 Å². The van der Waals surface area contributed by atoms with Crippen molar-refractivity contribution in [3.8, 4) is 0 Å². The standard InChI is InChI=1S/C19H30O2/c1-2-3-4-5-6-7-8-9-19(21)16-18-12-10-17(11-13-18)14-15-20/h10-13,20H,2-9,14-16H2,1H3. The Labute approximate surface area is 129 Å². The molecule has 0 amide bonds. The molecule has 0 heterocycles. The highest BCUT2D eigenvalue weighted by Crippen LogP contribution is 2.11. The zero-order chi connectivity index (χ0) is 15.3. The maximum Gasteiger partial charge on any atom is 0.137 e. The lowest BCUT2D eigenvalue weighted by Gasteiger charge is -2.04. The first-order chi connectivity index (χ1) is 10.3. The number of rotatable bonds is 12. The van der Waals surface area contributed by atoms with Gasteiger partial charge in [-0.15, -0.1) is 0 Å². The van der Waals surface area contributed by atoms with E-state index in [1.54, 1.807) is 0 Å². The number of benzene rings is 1. The van der Waals surface area contributed by atoms with E-state index in [0.717, 1.165) is 17.5 Å². The van der Waals surface area contributed by atoms with E-state index in [4.69, 9.17) is 5.11 Å². The summed E-state index contributed by atoms with van der Waals surface area (Å²) in [4.78, 5) is 11.9. The summed E-state index contributed by atoms with van der Waals surface area (Å²) in [5.41, 5.74) is 2.21. The van der Waals surface area contributed by atoms with E-state index in [9.17, 15) is 4.79 Å². The molecule has 0 radical (unpaired) electrons. The second kappa shape index (κ2) is 11.5. The smallest absolute Gasteiger partial charge is 0.137 e. The largest absolute Gasteiger partial charge is 0.396 e.